The van der Waals surface area contributed by atoms with E-state index in [0.717, 1.165) is 19.3 Å². The number of piperazine rings is 1. The zero-order valence-electron chi connectivity index (χ0n) is 23.7. The Labute approximate surface area is 241 Å². The summed E-state index contributed by atoms with van der Waals surface area (Å²) in [6.07, 6.45) is 10.4. The number of carbonyl (C=O) groups excluding carboxylic acids is 2. The number of allylic oxidation sites excluding steroid dienone is 3. The summed E-state index contributed by atoms with van der Waals surface area (Å²) in [6.45, 7) is 5.04. The molecule has 1 saturated carbocycles. The maximum atomic E-state index is 14.3. The molecule has 2 bridgehead atoms. The third kappa shape index (κ3) is 5.11. The fraction of sp³-hybridized carbons (Fsp3) is 0.424. The third-order valence-corrected chi connectivity index (χ3v) is 9.17. The van der Waals surface area contributed by atoms with Crippen molar-refractivity contribution in [3.8, 4) is 0 Å². The topological polar surface area (TPSA) is 84.4 Å². The quantitative estimate of drug-likeness (QED) is 0.472. The van der Waals surface area contributed by atoms with Gasteiger partial charge in [-0.15, -0.1) is 0 Å². The van der Waals surface area contributed by atoms with Gasteiger partial charge in [0, 0.05) is 18.6 Å². The highest BCUT2D eigenvalue weighted by Gasteiger charge is 2.56. The second-order valence-electron chi connectivity index (χ2n) is 12.2. The summed E-state index contributed by atoms with van der Waals surface area (Å²) in [5.41, 5.74) is 2.33. The van der Waals surface area contributed by atoms with Crippen molar-refractivity contribution in [2.75, 3.05) is 18.0 Å². The van der Waals surface area contributed by atoms with E-state index in [9.17, 15) is 19.5 Å². The van der Waals surface area contributed by atoms with Crippen molar-refractivity contribution < 1.29 is 19.5 Å². The van der Waals surface area contributed by atoms with Crippen LogP contribution in [0.4, 0.5) is 21.0 Å². The zero-order chi connectivity index (χ0) is 28.7. The molecule has 2 heterocycles. The van der Waals surface area contributed by atoms with Gasteiger partial charge in [0.25, 0.3) is 0 Å². The Balaban J connectivity index is 1.30. The highest BCUT2D eigenvalue weighted by Crippen LogP contribution is 2.45. The number of carboxylic acid groups (broad SMARTS) is 1. The summed E-state index contributed by atoms with van der Waals surface area (Å²) in [5.74, 6) is -0.654. The molecule has 214 valence electrons. The van der Waals surface area contributed by atoms with Crippen molar-refractivity contribution in [1.82, 2.24) is 14.7 Å². The third-order valence-electron chi connectivity index (χ3n) is 9.17. The van der Waals surface area contributed by atoms with Gasteiger partial charge < -0.3 is 19.8 Å². The summed E-state index contributed by atoms with van der Waals surface area (Å²) in [6, 6.07) is 16.2. The lowest BCUT2D eigenvalue weighted by Gasteiger charge is -2.48. The van der Waals surface area contributed by atoms with Crippen LogP contribution in [0.5, 0.6) is 0 Å². The number of hydrogen-bond donors (Lipinski definition) is 1. The largest absolute Gasteiger partial charge is 0.480 e. The van der Waals surface area contributed by atoms with Crippen molar-refractivity contribution >= 4 is 29.4 Å². The number of fused-ring (bicyclic) bond motifs is 2. The molecule has 6 rings (SSSR count). The first-order valence-electron chi connectivity index (χ1n) is 14.7. The molecule has 0 aromatic heterocycles. The average Bonchev–Trinajstić information content (AvgIpc) is 3.65. The average molecular weight is 555 g/mol. The van der Waals surface area contributed by atoms with Crippen LogP contribution in [-0.2, 0) is 4.79 Å². The van der Waals surface area contributed by atoms with Gasteiger partial charge in [-0.1, -0.05) is 67.1 Å². The van der Waals surface area contributed by atoms with E-state index < -0.39 is 24.1 Å². The Bertz CT molecular complexity index is 1330. The van der Waals surface area contributed by atoms with Crippen LogP contribution in [0.2, 0.25) is 0 Å². The maximum absolute atomic E-state index is 14.3. The number of carboxylic acids is 1. The van der Waals surface area contributed by atoms with Crippen LogP contribution in [-0.4, -0.2) is 74.6 Å². The highest BCUT2D eigenvalue weighted by molar-refractivity contribution is 6.01. The number of anilines is 2. The molecule has 4 atom stereocenters. The van der Waals surface area contributed by atoms with Gasteiger partial charge >= 0.3 is 18.0 Å². The number of benzene rings is 2. The molecule has 2 aliphatic heterocycles. The van der Waals surface area contributed by atoms with Crippen molar-refractivity contribution in [2.24, 2.45) is 5.92 Å². The number of likely N-dealkylation sites (tertiary alicyclic amines) is 1. The number of hydrogen-bond acceptors (Lipinski definition) is 3. The molecule has 8 heteroatoms. The number of aliphatic carboxylic acids is 1. The molecule has 41 heavy (non-hydrogen) atoms. The fourth-order valence-corrected chi connectivity index (χ4v) is 6.73. The van der Waals surface area contributed by atoms with E-state index in [1.165, 1.54) is 10.5 Å². The minimum Gasteiger partial charge on any atom is -0.480 e. The van der Waals surface area contributed by atoms with E-state index in [2.05, 4.69) is 32.1 Å². The molecule has 0 spiro atoms. The monoisotopic (exact) mass is 554 g/mol. The second kappa shape index (κ2) is 10.7. The molecule has 2 saturated heterocycles. The summed E-state index contributed by atoms with van der Waals surface area (Å²) in [7, 11) is 0. The predicted octanol–water partition coefficient (Wildman–Crippen LogP) is 6.04. The first-order valence-corrected chi connectivity index (χ1v) is 14.7. The SMILES string of the molecule is CC1C=CC=C(CN(C(=O)N2[C@H]3CC[C@@H]2[C@@H](C(=O)O)N(C(=O)N(c2ccccc2)c2ccccc2)C3)C2(C)CC2)C1. The van der Waals surface area contributed by atoms with E-state index in [-0.39, 0.29) is 24.2 Å². The number of urea groups is 2. The molecule has 2 aromatic carbocycles. The molecule has 8 nitrogen and oxygen atoms in total. The maximum Gasteiger partial charge on any atom is 0.329 e. The number of nitrogens with zero attached hydrogens (tertiary/aromatic N) is 4. The van der Waals surface area contributed by atoms with Crippen LogP contribution in [0.1, 0.15) is 46.0 Å². The van der Waals surface area contributed by atoms with Crippen molar-refractivity contribution in [3.05, 3.63) is 84.5 Å². The standard InChI is InChI=1S/C33H38N4O4/c1-23-10-9-11-24(20-23)21-35(33(2)18-19-33)32(41)37-27-16-17-28(37)29(30(38)39)34(22-27)31(40)36(25-12-5-3-6-13-25)26-14-7-4-8-15-26/h3-15,23,27-29H,16-22H2,1-2H3,(H,38,39)/t23?,27-,28+,29-/m0/s1. The lowest BCUT2D eigenvalue weighted by atomic mass is 9.95. The van der Waals surface area contributed by atoms with Crippen molar-refractivity contribution in [1.29, 1.82) is 0 Å². The van der Waals surface area contributed by atoms with Crippen molar-refractivity contribution in [3.63, 3.8) is 0 Å². The van der Waals surface area contributed by atoms with Gasteiger partial charge in [-0.2, -0.15) is 0 Å². The van der Waals surface area contributed by atoms with Gasteiger partial charge in [0.15, 0.2) is 6.04 Å². The molecule has 1 N–H and O–H groups in total. The summed E-state index contributed by atoms with van der Waals surface area (Å²) in [5, 5.41) is 10.5. The minimum absolute atomic E-state index is 0.0954. The Morgan fingerprint density at radius 2 is 1.59 bits per heavy atom. The van der Waals surface area contributed by atoms with Gasteiger partial charge in [-0.05, 0) is 69.2 Å². The van der Waals surface area contributed by atoms with E-state index in [4.69, 9.17) is 0 Å². The molecular formula is C33H38N4O4. The molecule has 2 aromatic rings. The Morgan fingerprint density at radius 3 is 2.15 bits per heavy atom. The molecule has 1 unspecified atom stereocenters. The molecular weight excluding hydrogens is 516 g/mol. The molecule has 0 radical (unpaired) electrons. The number of amides is 4. The molecule has 4 amide bonds. The Morgan fingerprint density at radius 1 is 0.951 bits per heavy atom. The number of para-hydroxylation sites is 2. The predicted molar refractivity (Wildman–Crippen MR) is 158 cm³/mol. The lowest BCUT2D eigenvalue weighted by molar-refractivity contribution is -0.145. The Kier molecular flexibility index (Phi) is 7.09. The van der Waals surface area contributed by atoms with Crippen molar-refractivity contribution in [2.45, 2.75) is 69.6 Å². The molecule has 4 aliphatic rings. The summed E-state index contributed by atoms with van der Waals surface area (Å²) < 4.78 is 0. The van der Waals surface area contributed by atoms with Crippen LogP contribution in [0.3, 0.4) is 0 Å². The van der Waals surface area contributed by atoms with Crippen LogP contribution in [0.25, 0.3) is 0 Å². The van der Waals surface area contributed by atoms with E-state index in [1.807, 2.05) is 70.5 Å². The normalized spacial score (nSPS) is 25.9. The van der Waals surface area contributed by atoms with Crippen LogP contribution in [0.15, 0.2) is 84.5 Å². The zero-order valence-corrected chi connectivity index (χ0v) is 23.7. The summed E-state index contributed by atoms with van der Waals surface area (Å²) in [4.78, 5) is 48.3. The van der Waals surface area contributed by atoms with Crippen LogP contribution in [0, 0.1) is 5.92 Å². The summed E-state index contributed by atoms with van der Waals surface area (Å²) >= 11 is 0. The highest BCUT2D eigenvalue weighted by atomic mass is 16.4. The van der Waals surface area contributed by atoms with Gasteiger partial charge in [0.05, 0.1) is 23.5 Å². The second-order valence-corrected chi connectivity index (χ2v) is 12.2. The van der Waals surface area contributed by atoms with Gasteiger partial charge in [0.2, 0.25) is 0 Å². The van der Waals surface area contributed by atoms with Gasteiger partial charge in [-0.25, -0.2) is 14.4 Å². The van der Waals surface area contributed by atoms with Crippen LogP contribution >= 0.6 is 0 Å². The number of rotatable bonds is 6. The van der Waals surface area contributed by atoms with Crippen LogP contribution < -0.4 is 4.90 Å². The first kappa shape index (κ1) is 27.1. The molecule has 2 aliphatic carbocycles. The molecule has 3 fully saturated rings. The fourth-order valence-electron chi connectivity index (χ4n) is 6.73. The Hall–Kier alpha value is -4.07. The van der Waals surface area contributed by atoms with Gasteiger partial charge in [0.1, 0.15) is 0 Å². The first-order chi connectivity index (χ1) is 19.8. The van der Waals surface area contributed by atoms with E-state index in [0.29, 0.717) is 36.7 Å². The lowest BCUT2D eigenvalue weighted by Crippen LogP contribution is -2.68. The smallest absolute Gasteiger partial charge is 0.329 e. The van der Waals surface area contributed by atoms with Gasteiger partial charge in [-0.3, -0.25) is 4.90 Å². The minimum atomic E-state index is -1.13. The number of carbonyl (C=O) groups is 3. The van der Waals surface area contributed by atoms with E-state index in [1.54, 1.807) is 4.90 Å². The van der Waals surface area contributed by atoms with E-state index >= 15 is 0 Å².